The van der Waals surface area contributed by atoms with E-state index in [-0.39, 0.29) is 5.91 Å². The van der Waals surface area contributed by atoms with Crippen molar-refractivity contribution in [2.45, 2.75) is 6.54 Å². The first-order valence-electron chi connectivity index (χ1n) is 9.33. The van der Waals surface area contributed by atoms with Crippen molar-refractivity contribution in [1.82, 2.24) is 15.1 Å². The lowest BCUT2D eigenvalue weighted by Crippen LogP contribution is -2.50. The number of rotatable bonds is 8. The summed E-state index contributed by atoms with van der Waals surface area (Å²) in [6.07, 6.45) is 0. The number of piperazine rings is 1. The smallest absolute Gasteiger partial charge is 0.234 e. The van der Waals surface area contributed by atoms with Gasteiger partial charge in [0.25, 0.3) is 0 Å². The van der Waals surface area contributed by atoms with Gasteiger partial charge in [-0.05, 0) is 23.8 Å². The third kappa shape index (κ3) is 6.54. The Labute approximate surface area is 165 Å². The quantitative estimate of drug-likeness (QED) is 0.756. The van der Waals surface area contributed by atoms with Crippen molar-refractivity contribution >= 4 is 17.5 Å². The highest BCUT2D eigenvalue weighted by Gasteiger charge is 2.18. The van der Waals surface area contributed by atoms with Crippen LogP contribution in [0.4, 0.5) is 0 Å². The molecule has 1 N–H and O–H groups in total. The van der Waals surface area contributed by atoms with E-state index >= 15 is 0 Å². The zero-order valence-corrected chi connectivity index (χ0v) is 16.2. The molecule has 0 radical (unpaired) electrons. The van der Waals surface area contributed by atoms with Crippen LogP contribution in [0.15, 0.2) is 54.6 Å². The number of nitrogens with zero attached hydrogens (tertiary/aromatic N) is 2. The molecule has 144 valence electrons. The van der Waals surface area contributed by atoms with Crippen LogP contribution in [0.25, 0.3) is 0 Å². The lowest BCUT2D eigenvalue weighted by atomic mass is 10.2. The molecule has 0 atom stereocenters. The third-order valence-electron chi connectivity index (χ3n) is 4.69. The second-order valence-corrected chi connectivity index (χ2v) is 7.05. The maximum atomic E-state index is 12.2. The molecule has 1 amide bonds. The second-order valence-electron chi connectivity index (χ2n) is 6.65. The molecule has 2 aromatic carbocycles. The van der Waals surface area contributed by atoms with Gasteiger partial charge >= 0.3 is 0 Å². The van der Waals surface area contributed by atoms with E-state index in [0.717, 1.165) is 44.0 Å². The number of hydrogen-bond acceptors (Lipinski definition) is 4. The van der Waals surface area contributed by atoms with Gasteiger partial charge in [-0.25, -0.2) is 0 Å². The van der Waals surface area contributed by atoms with E-state index in [4.69, 9.17) is 16.3 Å². The lowest BCUT2D eigenvalue weighted by Gasteiger charge is -2.34. The van der Waals surface area contributed by atoms with Gasteiger partial charge < -0.3 is 10.1 Å². The molecule has 0 aromatic heterocycles. The second kappa shape index (κ2) is 10.3. The van der Waals surface area contributed by atoms with Gasteiger partial charge in [-0.3, -0.25) is 14.6 Å². The van der Waals surface area contributed by atoms with Crippen LogP contribution in [0.1, 0.15) is 5.56 Å². The Hall–Kier alpha value is -2.08. The molecule has 1 saturated heterocycles. The van der Waals surface area contributed by atoms with Crippen molar-refractivity contribution in [3.05, 3.63) is 65.2 Å². The van der Waals surface area contributed by atoms with Crippen LogP contribution in [0, 0.1) is 0 Å². The van der Waals surface area contributed by atoms with Crippen molar-refractivity contribution in [3.63, 3.8) is 0 Å². The van der Waals surface area contributed by atoms with Gasteiger partial charge in [0.2, 0.25) is 5.91 Å². The van der Waals surface area contributed by atoms with E-state index in [9.17, 15) is 4.79 Å². The molecule has 27 heavy (non-hydrogen) atoms. The van der Waals surface area contributed by atoms with Crippen molar-refractivity contribution < 1.29 is 9.53 Å². The normalized spacial score (nSPS) is 15.4. The molecule has 0 saturated carbocycles. The van der Waals surface area contributed by atoms with Gasteiger partial charge in [0.05, 0.1) is 6.54 Å². The summed E-state index contributed by atoms with van der Waals surface area (Å²) in [4.78, 5) is 16.7. The first-order chi connectivity index (χ1) is 13.2. The maximum absolute atomic E-state index is 12.2. The molecule has 5 nitrogen and oxygen atoms in total. The van der Waals surface area contributed by atoms with E-state index in [2.05, 4.69) is 15.1 Å². The molecule has 0 spiro atoms. The monoisotopic (exact) mass is 387 g/mol. The summed E-state index contributed by atoms with van der Waals surface area (Å²) in [5, 5.41) is 3.64. The van der Waals surface area contributed by atoms with Gasteiger partial charge in [-0.2, -0.15) is 0 Å². The molecule has 1 aliphatic heterocycles. The van der Waals surface area contributed by atoms with Crippen LogP contribution in [-0.2, 0) is 11.3 Å². The number of hydrogen-bond donors (Lipinski definition) is 1. The zero-order valence-electron chi connectivity index (χ0n) is 15.4. The molecular weight excluding hydrogens is 362 g/mol. The Balaban J connectivity index is 1.31. The fourth-order valence-corrected chi connectivity index (χ4v) is 3.28. The molecule has 1 heterocycles. The van der Waals surface area contributed by atoms with Crippen LogP contribution in [0.2, 0.25) is 5.02 Å². The minimum absolute atomic E-state index is 0.0378. The minimum atomic E-state index is 0.0378. The molecule has 0 aliphatic carbocycles. The van der Waals surface area contributed by atoms with Crippen LogP contribution in [-0.4, -0.2) is 61.6 Å². The summed E-state index contributed by atoms with van der Waals surface area (Å²) < 4.78 is 5.75. The summed E-state index contributed by atoms with van der Waals surface area (Å²) >= 11 is 6.12. The van der Waals surface area contributed by atoms with E-state index in [1.54, 1.807) is 0 Å². The number of benzene rings is 2. The molecule has 1 aliphatic rings. The van der Waals surface area contributed by atoms with Crippen LogP contribution < -0.4 is 10.1 Å². The summed E-state index contributed by atoms with van der Waals surface area (Å²) in [7, 11) is 0. The number of para-hydroxylation sites is 1. The Morgan fingerprint density at radius 1 is 0.963 bits per heavy atom. The molecule has 0 bridgehead atoms. The standard InChI is InChI=1S/C21H26ClN3O2/c22-20-9-5-4-6-18(20)16-23-21(26)17-25-12-10-24(11-13-25)14-15-27-19-7-2-1-3-8-19/h1-9H,10-17H2,(H,23,26). The third-order valence-corrected chi connectivity index (χ3v) is 5.05. The highest BCUT2D eigenvalue weighted by atomic mass is 35.5. The Bertz CT molecular complexity index is 718. The van der Waals surface area contributed by atoms with Gasteiger partial charge in [0.1, 0.15) is 12.4 Å². The molecular formula is C21H26ClN3O2. The van der Waals surface area contributed by atoms with Gasteiger partial charge in [0, 0.05) is 44.3 Å². The van der Waals surface area contributed by atoms with Gasteiger partial charge in [-0.15, -0.1) is 0 Å². The van der Waals surface area contributed by atoms with Crippen LogP contribution >= 0.6 is 11.6 Å². The van der Waals surface area contributed by atoms with Crippen LogP contribution in [0.3, 0.4) is 0 Å². The highest BCUT2D eigenvalue weighted by molar-refractivity contribution is 6.31. The van der Waals surface area contributed by atoms with Crippen molar-refractivity contribution in [2.24, 2.45) is 0 Å². The largest absolute Gasteiger partial charge is 0.492 e. The summed E-state index contributed by atoms with van der Waals surface area (Å²) in [5.74, 6) is 0.946. The van der Waals surface area contributed by atoms with Gasteiger partial charge in [0.15, 0.2) is 0 Å². The maximum Gasteiger partial charge on any atom is 0.234 e. The number of ether oxygens (including phenoxy) is 1. The minimum Gasteiger partial charge on any atom is -0.492 e. The van der Waals surface area contributed by atoms with Crippen molar-refractivity contribution in [1.29, 1.82) is 0 Å². The van der Waals surface area contributed by atoms with Crippen LogP contribution in [0.5, 0.6) is 5.75 Å². The Morgan fingerprint density at radius 2 is 1.63 bits per heavy atom. The molecule has 6 heteroatoms. The predicted molar refractivity (Wildman–Crippen MR) is 108 cm³/mol. The van der Waals surface area contributed by atoms with Crippen molar-refractivity contribution in [3.8, 4) is 5.75 Å². The lowest BCUT2D eigenvalue weighted by molar-refractivity contribution is -0.122. The first-order valence-corrected chi connectivity index (χ1v) is 9.71. The molecule has 1 fully saturated rings. The zero-order chi connectivity index (χ0) is 18.9. The number of carbonyl (C=O) groups is 1. The molecule has 3 rings (SSSR count). The predicted octanol–water partition coefficient (Wildman–Crippen LogP) is 2.65. The average molecular weight is 388 g/mol. The first kappa shape index (κ1) is 19.7. The van der Waals surface area contributed by atoms with E-state index in [0.29, 0.717) is 24.7 Å². The van der Waals surface area contributed by atoms with Gasteiger partial charge in [-0.1, -0.05) is 48.0 Å². The fourth-order valence-electron chi connectivity index (χ4n) is 3.07. The van der Waals surface area contributed by atoms with E-state index < -0.39 is 0 Å². The SMILES string of the molecule is O=C(CN1CCN(CCOc2ccccc2)CC1)NCc1ccccc1Cl. The Kier molecular flexibility index (Phi) is 7.51. The van der Waals surface area contributed by atoms with E-state index in [1.165, 1.54) is 0 Å². The summed E-state index contributed by atoms with van der Waals surface area (Å²) in [6, 6.07) is 17.5. The number of halogens is 1. The highest BCUT2D eigenvalue weighted by Crippen LogP contribution is 2.14. The van der Waals surface area contributed by atoms with Crippen molar-refractivity contribution in [2.75, 3.05) is 45.9 Å². The Morgan fingerprint density at radius 3 is 2.37 bits per heavy atom. The topological polar surface area (TPSA) is 44.8 Å². The van der Waals surface area contributed by atoms with E-state index in [1.807, 2.05) is 54.6 Å². The number of nitrogens with one attached hydrogen (secondary N) is 1. The number of amides is 1. The fraction of sp³-hybridized carbons (Fsp3) is 0.381. The number of carbonyl (C=O) groups excluding carboxylic acids is 1. The molecule has 0 unspecified atom stereocenters. The molecule has 2 aromatic rings. The summed E-state index contributed by atoms with van der Waals surface area (Å²) in [5.41, 5.74) is 0.941. The average Bonchev–Trinajstić information content (AvgIpc) is 2.69. The summed E-state index contributed by atoms with van der Waals surface area (Å²) in [6.45, 7) is 6.18.